The smallest absolute Gasteiger partial charge is 0.326 e. The molecule has 0 aliphatic carbocycles. The number of amides is 10. The predicted octanol–water partition coefficient (Wildman–Crippen LogP) is -3.49. The van der Waals surface area contributed by atoms with Crippen molar-refractivity contribution in [1.82, 2.24) is 47.9 Å². The Hall–Kier alpha value is -8.14. The summed E-state index contributed by atoms with van der Waals surface area (Å²) in [6.45, 7) is 2.26. The lowest BCUT2D eigenvalue weighted by atomic mass is 9.99. The van der Waals surface area contributed by atoms with Gasteiger partial charge >= 0.3 is 5.97 Å². The lowest BCUT2D eigenvalue weighted by Gasteiger charge is -2.28. The van der Waals surface area contributed by atoms with Gasteiger partial charge in [0, 0.05) is 19.3 Å². The SMILES string of the molecule is CC[C@H](C)[C@H](NC(=O)[C@H](CCSC)NC(=O)CNC(=O)[C@H](Cc1ccc(O)cc1)NC(=O)[C@H](CC(N)=O)NC(=O)[C@H](CO)NC(=O)[C@H](Cc1ccccc1)NC(=O)[C@@H](NC(=O)[C@H](Cc1ccccc1)NC(=O)CN)[C@@H](C)O)C(=O)O. The van der Waals surface area contributed by atoms with Gasteiger partial charge in [0.25, 0.3) is 0 Å². The Morgan fingerprint density at radius 3 is 1.49 bits per heavy atom. The molecule has 0 heterocycles. The average molecular weight is 1140 g/mol. The summed E-state index contributed by atoms with van der Waals surface area (Å²) in [5, 5.41) is 62.5. The van der Waals surface area contributed by atoms with E-state index in [4.69, 9.17) is 11.5 Å². The van der Waals surface area contributed by atoms with Crippen molar-refractivity contribution in [2.24, 2.45) is 17.4 Å². The number of primary amides is 1. The molecule has 3 aromatic carbocycles. The van der Waals surface area contributed by atoms with Gasteiger partial charge in [-0.1, -0.05) is 93.1 Å². The zero-order valence-corrected chi connectivity index (χ0v) is 45.6. The molecule has 80 heavy (non-hydrogen) atoms. The summed E-state index contributed by atoms with van der Waals surface area (Å²) in [7, 11) is 0. The number of nitrogens with two attached hydrogens (primary N) is 2. The molecule has 436 valence electrons. The molecule has 0 fully saturated rings. The van der Waals surface area contributed by atoms with Gasteiger partial charge in [0.05, 0.1) is 32.2 Å². The molecule has 0 aliphatic rings. The van der Waals surface area contributed by atoms with Gasteiger partial charge in [-0.15, -0.1) is 0 Å². The van der Waals surface area contributed by atoms with E-state index in [9.17, 15) is 73.2 Å². The quantitative estimate of drug-likeness (QED) is 0.0276. The van der Waals surface area contributed by atoms with Crippen LogP contribution in [0.3, 0.4) is 0 Å². The van der Waals surface area contributed by atoms with E-state index in [0.29, 0.717) is 28.9 Å². The molecule has 0 spiro atoms. The van der Waals surface area contributed by atoms with Crippen molar-refractivity contribution in [3.8, 4) is 5.75 Å². The largest absolute Gasteiger partial charge is 0.508 e. The van der Waals surface area contributed by atoms with Crippen molar-refractivity contribution in [1.29, 1.82) is 0 Å². The van der Waals surface area contributed by atoms with Crippen molar-refractivity contribution >= 4 is 76.8 Å². The monoisotopic (exact) mass is 1140 g/mol. The molecule has 0 radical (unpaired) electrons. The molecule has 0 unspecified atom stereocenters. The normalized spacial score (nSPS) is 14.7. The summed E-state index contributed by atoms with van der Waals surface area (Å²) in [6.07, 6.45) is -0.766. The highest BCUT2D eigenvalue weighted by atomic mass is 32.2. The number of carboxylic acids is 1. The summed E-state index contributed by atoms with van der Waals surface area (Å²) in [4.78, 5) is 146. The number of carboxylic acid groups (broad SMARTS) is 1. The molecule has 3 rings (SSSR count). The Morgan fingerprint density at radius 2 is 0.988 bits per heavy atom. The molecule has 27 heteroatoms. The fraction of sp³-hybridized carbons (Fsp3) is 0.453. The van der Waals surface area contributed by atoms with Crippen LogP contribution >= 0.6 is 11.8 Å². The molecule has 0 saturated heterocycles. The number of benzene rings is 3. The van der Waals surface area contributed by atoms with Gasteiger partial charge in [-0.3, -0.25) is 47.9 Å². The second-order valence-electron chi connectivity index (χ2n) is 18.7. The number of aliphatic hydroxyl groups excluding tert-OH is 2. The third-order valence-electron chi connectivity index (χ3n) is 12.4. The number of hydrogen-bond acceptors (Lipinski definition) is 16. The first-order chi connectivity index (χ1) is 38.0. The first kappa shape index (κ1) is 66.1. The number of carbonyl (C=O) groups is 11. The van der Waals surface area contributed by atoms with E-state index in [-0.39, 0.29) is 31.4 Å². The molecule has 17 N–H and O–H groups in total. The number of thioether (sulfide) groups is 1. The fourth-order valence-corrected chi connectivity index (χ4v) is 8.24. The fourth-order valence-electron chi connectivity index (χ4n) is 7.77. The molecular weight excluding hydrogens is 1060 g/mol. The number of carbonyl (C=O) groups excluding carboxylic acids is 10. The van der Waals surface area contributed by atoms with Gasteiger partial charge in [-0.25, -0.2) is 4.79 Å². The lowest BCUT2D eigenvalue weighted by molar-refractivity contribution is -0.143. The van der Waals surface area contributed by atoms with Crippen LogP contribution in [0.2, 0.25) is 0 Å². The third kappa shape index (κ3) is 22.7. The van der Waals surface area contributed by atoms with Crippen molar-refractivity contribution in [3.63, 3.8) is 0 Å². The van der Waals surface area contributed by atoms with E-state index >= 15 is 0 Å². The Bertz CT molecular complexity index is 2580. The zero-order chi connectivity index (χ0) is 59.5. The maximum absolute atomic E-state index is 14.1. The standard InChI is InChI=1S/C53H73N11O15S/c1-5-29(2)44(53(78)79)63-47(72)35(20-21-80-4)57-43(70)27-56-46(71)36(24-33-16-18-34(67)19-17-33)59-49(74)39(25-41(55)68)60-51(76)40(28-65)62-48(73)38(23-32-14-10-7-11-15-32)61-52(77)45(30(3)66)64-50(75)37(58-42(69)26-54)22-31-12-8-6-9-13-31/h6-19,29-30,35-40,44-45,65-67H,5,20-28,54H2,1-4H3,(H2,55,68)(H,56,71)(H,57,70)(H,58,69)(H,59,74)(H,60,76)(H,61,77)(H,62,73)(H,63,72)(H,64,75)(H,78,79)/t29-,30+,35-,36-,37-,38-,39-,40-,44-,45-/m0/s1. The van der Waals surface area contributed by atoms with Crippen LogP contribution in [0.15, 0.2) is 84.9 Å². The number of nitrogens with one attached hydrogen (secondary N) is 9. The molecule has 10 atom stereocenters. The highest BCUT2D eigenvalue weighted by Gasteiger charge is 2.36. The summed E-state index contributed by atoms with van der Waals surface area (Å²) < 4.78 is 0. The van der Waals surface area contributed by atoms with E-state index in [1.807, 2.05) is 0 Å². The predicted molar refractivity (Wildman–Crippen MR) is 292 cm³/mol. The van der Waals surface area contributed by atoms with Crippen LogP contribution in [0.5, 0.6) is 5.75 Å². The number of aromatic hydroxyl groups is 1. The van der Waals surface area contributed by atoms with Crippen LogP contribution in [-0.4, -0.2) is 172 Å². The highest BCUT2D eigenvalue weighted by molar-refractivity contribution is 7.98. The Morgan fingerprint density at radius 1 is 0.550 bits per heavy atom. The average Bonchev–Trinajstić information content (AvgIpc) is 3.43. The van der Waals surface area contributed by atoms with Crippen LogP contribution in [-0.2, 0) is 72.0 Å². The maximum Gasteiger partial charge on any atom is 0.326 e. The highest BCUT2D eigenvalue weighted by Crippen LogP contribution is 2.14. The molecule has 3 aromatic rings. The molecule has 0 aromatic heterocycles. The van der Waals surface area contributed by atoms with E-state index in [1.54, 1.807) is 80.8 Å². The minimum atomic E-state index is -1.89. The Kier molecular flexibility index (Phi) is 28.1. The van der Waals surface area contributed by atoms with Gasteiger partial charge in [0.2, 0.25) is 59.1 Å². The molecule has 0 bridgehead atoms. The van der Waals surface area contributed by atoms with Gasteiger partial charge < -0.3 is 79.7 Å². The van der Waals surface area contributed by atoms with Gasteiger partial charge in [0.15, 0.2) is 0 Å². The first-order valence-electron chi connectivity index (χ1n) is 25.5. The van der Waals surface area contributed by atoms with Crippen LogP contribution in [0.4, 0.5) is 0 Å². The van der Waals surface area contributed by atoms with Crippen LogP contribution in [0.1, 0.15) is 56.7 Å². The minimum Gasteiger partial charge on any atom is -0.508 e. The van der Waals surface area contributed by atoms with Gasteiger partial charge in [0.1, 0.15) is 54.1 Å². The third-order valence-corrected chi connectivity index (χ3v) is 13.1. The number of phenols is 1. The van der Waals surface area contributed by atoms with E-state index in [1.165, 1.54) is 43.0 Å². The summed E-state index contributed by atoms with van der Waals surface area (Å²) in [5.41, 5.74) is 12.4. The van der Waals surface area contributed by atoms with Crippen LogP contribution in [0, 0.1) is 5.92 Å². The van der Waals surface area contributed by atoms with E-state index in [0.717, 1.165) is 0 Å². The van der Waals surface area contributed by atoms with Gasteiger partial charge in [-0.05, 0) is 60.1 Å². The number of hydrogen-bond donors (Lipinski definition) is 15. The summed E-state index contributed by atoms with van der Waals surface area (Å²) in [6, 6.07) is 9.84. The van der Waals surface area contributed by atoms with Gasteiger partial charge in [-0.2, -0.15) is 11.8 Å². The number of aliphatic carboxylic acids is 1. The van der Waals surface area contributed by atoms with Crippen LogP contribution in [0.25, 0.3) is 0 Å². The lowest BCUT2D eigenvalue weighted by Crippen LogP contribution is -2.62. The zero-order valence-electron chi connectivity index (χ0n) is 44.8. The van der Waals surface area contributed by atoms with Crippen molar-refractivity contribution < 1.29 is 73.2 Å². The Balaban J connectivity index is 1.84. The van der Waals surface area contributed by atoms with Crippen molar-refractivity contribution in [2.75, 3.05) is 31.7 Å². The minimum absolute atomic E-state index is 0.0313. The van der Waals surface area contributed by atoms with Crippen molar-refractivity contribution in [3.05, 3.63) is 102 Å². The molecule has 26 nitrogen and oxygen atoms in total. The van der Waals surface area contributed by atoms with Crippen LogP contribution < -0.4 is 59.3 Å². The summed E-state index contributed by atoms with van der Waals surface area (Å²) in [5.74, 6) is -11.3. The first-order valence-corrected chi connectivity index (χ1v) is 26.9. The second kappa shape index (κ2) is 34.0. The van der Waals surface area contributed by atoms with E-state index in [2.05, 4.69) is 47.9 Å². The molecule has 10 amide bonds. The molecular formula is C53H73N11O15S. The second-order valence-corrected chi connectivity index (χ2v) is 19.7. The molecule has 0 saturated carbocycles. The number of rotatable bonds is 34. The molecule has 0 aliphatic heterocycles. The van der Waals surface area contributed by atoms with E-state index < -0.39 is 152 Å². The summed E-state index contributed by atoms with van der Waals surface area (Å²) >= 11 is 1.36. The maximum atomic E-state index is 14.1. The van der Waals surface area contributed by atoms with Crippen molar-refractivity contribution in [2.45, 2.75) is 114 Å². The topological polar surface area (TPSA) is 429 Å². The Labute approximate surface area is 466 Å². The number of phenolic OH excluding ortho intramolecular Hbond substituents is 1. The number of aliphatic hydroxyl groups is 2.